The molecule has 7 nitrogen and oxygen atoms in total. The van der Waals surface area contributed by atoms with E-state index >= 15 is 0 Å². The molecule has 11 heteroatoms. The maximum atomic E-state index is 12.5. The molecule has 0 aliphatic heterocycles. The highest BCUT2D eigenvalue weighted by Gasteiger charge is 2.22. The number of anilines is 2. The summed E-state index contributed by atoms with van der Waals surface area (Å²) in [6.07, 6.45) is 0. The molecular weight excluding hydrogens is 431 g/mol. The van der Waals surface area contributed by atoms with Crippen molar-refractivity contribution in [2.45, 2.75) is 11.3 Å². The molecule has 2 N–H and O–H groups in total. The number of nitrogens with zero attached hydrogens (tertiary/aromatic N) is 2. The third-order valence-electron chi connectivity index (χ3n) is 3.42. The zero-order valence-electron chi connectivity index (χ0n) is 13.7. The topological polar surface area (TPSA) is 101 Å². The Bertz CT molecular complexity index is 1120. The molecule has 0 saturated carbocycles. The summed E-state index contributed by atoms with van der Waals surface area (Å²) in [5, 5.41) is 10.5. The third-order valence-corrected chi connectivity index (χ3v) is 6.56. The number of carbonyl (C=O) groups excluding carboxylic acids is 1. The van der Waals surface area contributed by atoms with E-state index in [1.54, 1.807) is 43.3 Å². The zero-order valence-corrected chi connectivity index (χ0v) is 16.9. The summed E-state index contributed by atoms with van der Waals surface area (Å²) in [5.41, 5.74) is 1.27. The number of amides is 1. The van der Waals surface area contributed by atoms with Crippen LogP contribution in [0.1, 0.15) is 15.9 Å². The molecule has 1 aromatic heterocycles. The molecule has 0 saturated heterocycles. The van der Waals surface area contributed by atoms with Crippen molar-refractivity contribution in [1.82, 2.24) is 10.2 Å². The molecule has 0 aliphatic carbocycles. The molecule has 0 radical (unpaired) electrons. The third kappa shape index (κ3) is 4.56. The molecule has 0 fully saturated rings. The van der Waals surface area contributed by atoms with Crippen LogP contribution in [0.3, 0.4) is 0 Å². The van der Waals surface area contributed by atoms with E-state index in [-0.39, 0.29) is 20.1 Å². The van der Waals surface area contributed by atoms with Crippen LogP contribution in [0.5, 0.6) is 0 Å². The quantitative estimate of drug-likeness (QED) is 0.576. The van der Waals surface area contributed by atoms with E-state index in [0.29, 0.717) is 16.3 Å². The largest absolute Gasteiger partial charge is 0.296 e. The first-order valence-corrected chi connectivity index (χ1v) is 10.5. The van der Waals surface area contributed by atoms with Gasteiger partial charge in [0, 0.05) is 5.02 Å². The second-order valence-electron chi connectivity index (χ2n) is 5.37. The molecule has 1 amide bonds. The number of benzene rings is 2. The number of carbonyl (C=O) groups is 1. The fourth-order valence-corrected chi connectivity index (χ4v) is 4.48. The first-order valence-electron chi connectivity index (χ1n) is 7.44. The molecule has 3 rings (SSSR count). The highest BCUT2D eigenvalue weighted by atomic mass is 35.5. The van der Waals surface area contributed by atoms with Crippen LogP contribution in [-0.2, 0) is 10.0 Å². The van der Waals surface area contributed by atoms with Crippen LogP contribution in [-0.4, -0.2) is 24.5 Å². The van der Waals surface area contributed by atoms with Gasteiger partial charge in [-0.15, -0.1) is 10.2 Å². The standard InChI is InChI=1S/C16H12Cl2N4O3S2/c1-9-6-7-10(17)8-13(9)22-27(24,25)16-21-20-15(26-16)19-14(23)11-4-2-3-5-12(11)18/h2-8,22H,1H3,(H,19,20,23). The first-order chi connectivity index (χ1) is 12.8. The number of aromatic nitrogens is 2. The van der Waals surface area contributed by atoms with E-state index in [4.69, 9.17) is 23.2 Å². The predicted molar refractivity (Wildman–Crippen MR) is 106 cm³/mol. The molecule has 0 atom stereocenters. The van der Waals surface area contributed by atoms with Crippen molar-refractivity contribution >= 4 is 61.3 Å². The highest BCUT2D eigenvalue weighted by molar-refractivity contribution is 7.94. The fraction of sp³-hybridized carbons (Fsp3) is 0.0625. The van der Waals surface area contributed by atoms with E-state index in [2.05, 4.69) is 20.2 Å². The minimum Gasteiger partial charge on any atom is -0.296 e. The van der Waals surface area contributed by atoms with E-state index in [1.165, 1.54) is 6.07 Å². The molecule has 0 spiro atoms. The van der Waals surface area contributed by atoms with Gasteiger partial charge in [-0.3, -0.25) is 14.8 Å². The van der Waals surface area contributed by atoms with Crippen molar-refractivity contribution in [3.8, 4) is 0 Å². The molecule has 0 aliphatic rings. The average Bonchev–Trinajstić information content (AvgIpc) is 3.08. The van der Waals surface area contributed by atoms with Crippen molar-refractivity contribution < 1.29 is 13.2 Å². The molecule has 0 bridgehead atoms. The highest BCUT2D eigenvalue weighted by Crippen LogP contribution is 2.26. The van der Waals surface area contributed by atoms with Gasteiger partial charge in [-0.05, 0) is 36.8 Å². The number of halogens is 2. The summed E-state index contributed by atoms with van der Waals surface area (Å²) < 4.78 is 27.1. The lowest BCUT2D eigenvalue weighted by Gasteiger charge is -2.08. The Kier molecular flexibility index (Phi) is 5.66. The molecule has 2 aromatic carbocycles. The molecular formula is C16H12Cl2N4O3S2. The van der Waals surface area contributed by atoms with E-state index in [0.717, 1.165) is 11.3 Å². The van der Waals surface area contributed by atoms with Crippen LogP contribution < -0.4 is 10.0 Å². The minimum atomic E-state index is -3.98. The maximum Gasteiger partial charge on any atom is 0.291 e. The van der Waals surface area contributed by atoms with Gasteiger partial charge in [0.05, 0.1) is 16.3 Å². The van der Waals surface area contributed by atoms with Crippen LogP contribution in [0.4, 0.5) is 10.8 Å². The SMILES string of the molecule is Cc1ccc(Cl)cc1NS(=O)(=O)c1nnc(NC(=O)c2ccccc2Cl)s1. The van der Waals surface area contributed by atoms with Gasteiger partial charge in [0.1, 0.15) is 0 Å². The minimum absolute atomic E-state index is 0.0307. The van der Waals surface area contributed by atoms with E-state index in [1.807, 2.05) is 0 Å². The summed E-state index contributed by atoms with van der Waals surface area (Å²) in [6, 6.07) is 11.3. The van der Waals surface area contributed by atoms with Gasteiger partial charge in [0.25, 0.3) is 20.3 Å². The van der Waals surface area contributed by atoms with Crippen molar-refractivity contribution in [2.24, 2.45) is 0 Å². The Hall–Kier alpha value is -2.20. The van der Waals surface area contributed by atoms with Gasteiger partial charge in [-0.25, -0.2) is 0 Å². The number of sulfonamides is 1. The zero-order chi connectivity index (χ0) is 19.6. The summed E-state index contributed by atoms with van der Waals surface area (Å²) >= 11 is 12.6. The van der Waals surface area contributed by atoms with Gasteiger partial charge in [-0.2, -0.15) is 8.42 Å². The number of rotatable bonds is 5. The Morgan fingerprint density at radius 1 is 1.11 bits per heavy atom. The van der Waals surface area contributed by atoms with Crippen LogP contribution in [0.2, 0.25) is 10.0 Å². The molecule has 1 heterocycles. The smallest absolute Gasteiger partial charge is 0.291 e. The number of hydrogen-bond acceptors (Lipinski definition) is 6. The van der Waals surface area contributed by atoms with Gasteiger partial charge < -0.3 is 0 Å². The Balaban J connectivity index is 1.79. The second kappa shape index (κ2) is 7.81. The van der Waals surface area contributed by atoms with Gasteiger partial charge in [0.15, 0.2) is 0 Å². The van der Waals surface area contributed by atoms with Crippen molar-refractivity contribution in [3.63, 3.8) is 0 Å². The molecule has 0 unspecified atom stereocenters. The number of hydrogen-bond donors (Lipinski definition) is 2. The van der Waals surface area contributed by atoms with Crippen molar-refractivity contribution in [1.29, 1.82) is 0 Å². The number of aryl methyl sites for hydroxylation is 1. The summed E-state index contributed by atoms with van der Waals surface area (Å²) in [5.74, 6) is -0.514. The maximum absolute atomic E-state index is 12.5. The Labute approximate surface area is 169 Å². The lowest BCUT2D eigenvalue weighted by Crippen LogP contribution is -2.13. The van der Waals surface area contributed by atoms with Crippen LogP contribution in [0, 0.1) is 6.92 Å². The molecule has 27 heavy (non-hydrogen) atoms. The second-order valence-corrected chi connectivity index (χ2v) is 9.05. The normalized spacial score (nSPS) is 11.2. The van der Waals surface area contributed by atoms with Gasteiger partial charge in [0.2, 0.25) is 5.13 Å². The molecule has 3 aromatic rings. The monoisotopic (exact) mass is 442 g/mol. The first kappa shape index (κ1) is 19.6. The van der Waals surface area contributed by atoms with Crippen LogP contribution in [0.25, 0.3) is 0 Å². The number of nitrogens with one attached hydrogen (secondary N) is 2. The Morgan fingerprint density at radius 3 is 2.59 bits per heavy atom. The van der Waals surface area contributed by atoms with E-state index in [9.17, 15) is 13.2 Å². The molecule has 140 valence electrons. The van der Waals surface area contributed by atoms with Crippen LogP contribution in [0.15, 0.2) is 46.8 Å². The van der Waals surface area contributed by atoms with E-state index < -0.39 is 15.9 Å². The van der Waals surface area contributed by atoms with Gasteiger partial charge in [-0.1, -0.05) is 52.7 Å². The lowest BCUT2D eigenvalue weighted by molar-refractivity contribution is 0.102. The Morgan fingerprint density at radius 2 is 1.85 bits per heavy atom. The summed E-state index contributed by atoms with van der Waals surface area (Å²) in [4.78, 5) is 12.2. The average molecular weight is 443 g/mol. The van der Waals surface area contributed by atoms with Crippen molar-refractivity contribution in [3.05, 3.63) is 63.6 Å². The summed E-state index contributed by atoms with van der Waals surface area (Å²) in [7, 11) is -3.98. The predicted octanol–water partition coefficient (Wildman–Crippen LogP) is 4.21. The fourth-order valence-electron chi connectivity index (χ4n) is 2.07. The lowest BCUT2D eigenvalue weighted by atomic mass is 10.2. The summed E-state index contributed by atoms with van der Waals surface area (Å²) in [6.45, 7) is 1.74. The van der Waals surface area contributed by atoms with Crippen LogP contribution >= 0.6 is 34.5 Å². The van der Waals surface area contributed by atoms with Crippen molar-refractivity contribution in [2.75, 3.05) is 10.0 Å². The van der Waals surface area contributed by atoms with Gasteiger partial charge >= 0.3 is 0 Å².